The van der Waals surface area contributed by atoms with Crippen LogP contribution in [0.25, 0.3) is 0 Å². The Labute approximate surface area is 219 Å². The summed E-state index contributed by atoms with van der Waals surface area (Å²) in [6.07, 6.45) is 6.73. The summed E-state index contributed by atoms with van der Waals surface area (Å²) in [5.74, 6) is 1.79. The molecule has 2 N–H and O–H groups in total. The number of phenols is 1. The van der Waals surface area contributed by atoms with Crippen molar-refractivity contribution in [2.45, 2.75) is 88.1 Å². The van der Waals surface area contributed by atoms with Crippen LogP contribution in [0.2, 0.25) is 0 Å². The number of likely N-dealkylation sites (tertiary alicyclic amines) is 1. The molecule has 37 heavy (non-hydrogen) atoms. The van der Waals surface area contributed by atoms with E-state index in [4.69, 9.17) is 9.47 Å². The number of nitrogens with zero attached hydrogens (tertiary/aromatic N) is 1. The molecule has 7 aliphatic rings. The minimum absolute atomic E-state index is 0.0163. The maximum atomic E-state index is 12.2. The Morgan fingerprint density at radius 2 is 1.89 bits per heavy atom. The molecule has 5 fully saturated rings. The fraction of sp³-hybridized carbons (Fsp3) is 0.625. The first-order chi connectivity index (χ1) is 17.8. The normalized spacial score (nSPS) is 41.8. The highest BCUT2D eigenvalue weighted by atomic mass is 16.6. The van der Waals surface area contributed by atoms with Crippen molar-refractivity contribution in [3.8, 4) is 11.5 Å². The van der Waals surface area contributed by atoms with Crippen molar-refractivity contribution in [2.24, 2.45) is 16.7 Å². The predicted octanol–water partition coefficient (Wildman–Crippen LogP) is 5.05. The topological polar surface area (TPSA) is 62.2 Å². The van der Waals surface area contributed by atoms with E-state index in [1.54, 1.807) is 0 Å². The van der Waals surface area contributed by atoms with E-state index in [9.17, 15) is 10.2 Å². The minimum Gasteiger partial charge on any atom is -0.504 e. The summed E-state index contributed by atoms with van der Waals surface area (Å²) >= 11 is 0. The molecule has 9 rings (SSSR count). The molecular weight excluding hydrogens is 462 g/mol. The van der Waals surface area contributed by atoms with Gasteiger partial charge in [0.1, 0.15) is 11.7 Å². The number of aliphatic hydroxyl groups excluding tert-OH is 1. The summed E-state index contributed by atoms with van der Waals surface area (Å²) in [4.78, 5) is 2.82. The summed E-state index contributed by atoms with van der Waals surface area (Å²) < 4.78 is 13.6. The van der Waals surface area contributed by atoms with Crippen LogP contribution in [-0.4, -0.2) is 53.1 Å². The fourth-order valence-corrected chi connectivity index (χ4v) is 10.3. The number of rotatable bonds is 5. The lowest BCUT2D eigenvalue weighted by molar-refractivity contribution is -0.324. The van der Waals surface area contributed by atoms with Crippen LogP contribution in [-0.2, 0) is 16.6 Å². The third-order valence-corrected chi connectivity index (χ3v) is 12.1. The van der Waals surface area contributed by atoms with Crippen molar-refractivity contribution in [1.82, 2.24) is 4.90 Å². The van der Waals surface area contributed by atoms with Crippen LogP contribution in [0, 0.1) is 23.7 Å². The molecule has 3 unspecified atom stereocenters. The van der Waals surface area contributed by atoms with Crippen LogP contribution in [0.5, 0.6) is 11.5 Å². The van der Waals surface area contributed by atoms with Crippen LogP contribution in [0.4, 0.5) is 0 Å². The number of hydrogen-bond donors (Lipinski definition) is 2. The Hall–Kier alpha value is -2.08. The first kappa shape index (κ1) is 22.9. The Kier molecular flexibility index (Phi) is 4.39. The number of aromatic hydroxyl groups is 1. The van der Waals surface area contributed by atoms with Crippen LogP contribution in [0.15, 0.2) is 36.4 Å². The number of benzene rings is 2. The molecule has 2 spiro atoms. The maximum absolute atomic E-state index is 12.2. The second-order valence-corrected chi connectivity index (χ2v) is 13.5. The van der Waals surface area contributed by atoms with E-state index in [1.165, 1.54) is 36.1 Å². The monoisotopic (exact) mass is 501 g/mol. The number of methoxy groups -OCH3 is 1. The zero-order valence-electron chi connectivity index (χ0n) is 22.3. The van der Waals surface area contributed by atoms with E-state index in [1.807, 2.05) is 13.2 Å². The summed E-state index contributed by atoms with van der Waals surface area (Å²) in [6.45, 7) is 6.62. The highest BCUT2D eigenvalue weighted by Crippen LogP contribution is 2.80. The smallest absolute Gasteiger partial charge is 0.165 e. The molecule has 4 bridgehead atoms. The molecule has 0 aromatic heterocycles. The van der Waals surface area contributed by atoms with Gasteiger partial charge in [0.25, 0.3) is 0 Å². The Bertz CT molecular complexity index is 1290. The van der Waals surface area contributed by atoms with E-state index in [0.717, 1.165) is 50.1 Å². The lowest BCUT2D eigenvalue weighted by Gasteiger charge is -2.76. The van der Waals surface area contributed by atoms with Gasteiger partial charge in [-0.25, -0.2) is 0 Å². The van der Waals surface area contributed by atoms with Gasteiger partial charge in [0.05, 0.1) is 6.10 Å². The van der Waals surface area contributed by atoms with E-state index >= 15 is 0 Å². The van der Waals surface area contributed by atoms with Crippen LogP contribution >= 0.6 is 0 Å². The van der Waals surface area contributed by atoms with Crippen molar-refractivity contribution in [2.75, 3.05) is 20.2 Å². The summed E-state index contributed by atoms with van der Waals surface area (Å²) in [5, 5.41) is 23.3. The third-order valence-electron chi connectivity index (χ3n) is 12.1. The Morgan fingerprint density at radius 1 is 1.11 bits per heavy atom. The van der Waals surface area contributed by atoms with E-state index in [-0.39, 0.29) is 22.7 Å². The molecule has 2 aliphatic heterocycles. The summed E-state index contributed by atoms with van der Waals surface area (Å²) in [7, 11) is 1.82. The molecule has 0 radical (unpaired) electrons. The minimum atomic E-state index is -0.664. The van der Waals surface area contributed by atoms with Gasteiger partial charge in [0.15, 0.2) is 11.5 Å². The van der Waals surface area contributed by atoms with Crippen molar-refractivity contribution in [1.29, 1.82) is 0 Å². The zero-order chi connectivity index (χ0) is 25.4. The number of aliphatic hydroxyl groups is 1. The van der Waals surface area contributed by atoms with Crippen molar-refractivity contribution in [3.63, 3.8) is 0 Å². The van der Waals surface area contributed by atoms with E-state index < -0.39 is 17.1 Å². The number of ether oxygens (including phenoxy) is 2. The zero-order valence-corrected chi connectivity index (χ0v) is 22.3. The molecule has 1 saturated heterocycles. The van der Waals surface area contributed by atoms with E-state index in [0.29, 0.717) is 11.8 Å². The quantitative estimate of drug-likeness (QED) is 0.601. The molecular formula is C32H39NO4. The largest absolute Gasteiger partial charge is 0.504 e. The standard InChI is InChI=1S/C32H39NO4/c1-19-4-8-21(9-5-19)27(35)29(2)18-30-12-13-32(29,36-3)28-31(30)14-15-33(17-20-6-7-20)24(30)16-22-10-11-23(34)26(37-28)25(22)31/h4-5,8-11,20,24,27-28,34-35H,6-7,12-18H2,1-3H3/t24?,27-,28+,29?,30?,31+,32+/m1/s1. The summed E-state index contributed by atoms with van der Waals surface area (Å²) in [6, 6.07) is 12.8. The highest BCUT2D eigenvalue weighted by Gasteiger charge is 2.84. The molecule has 5 nitrogen and oxygen atoms in total. The lowest BCUT2D eigenvalue weighted by Crippen LogP contribution is -2.83. The molecule has 196 valence electrons. The first-order valence-electron chi connectivity index (χ1n) is 14.4. The van der Waals surface area contributed by atoms with Gasteiger partial charge in [-0.2, -0.15) is 0 Å². The number of hydrogen-bond acceptors (Lipinski definition) is 5. The number of fused-ring (bicyclic) bond motifs is 2. The molecule has 0 amide bonds. The van der Waals surface area contributed by atoms with Crippen molar-refractivity contribution in [3.05, 3.63) is 58.7 Å². The van der Waals surface area contributed by atoms with Gasteiger partial charge in [0.2, 0.25) is 0 Å². The number of piperidine rings is 1. The molecule has 2 aromatic carbocycles. The summed E-state index contributed by atoms with van der Waals surface area (Å²) in [5.41, 5.74) is 3.40. The van der Waals surface area contributed by atoms with Gasteiger partial charge in [-0.3, -0.25) is 4.90 Å². The fourth-order valence-electron chi connectivity index (χ4n) is 10.3. The SMILES string of the molecule is CO[C@]12CCC3(CC1(C)[C@H](O)c1ccc(C)cc1)C1Cc4ccc(O)c5c4[C@@]3(CCN1CC1CC1)[C@@H]2O5. The molecule has 4 saturated carbocycles. The van der Waals surface area contributed by atoms with Gasteiger partial charge in [0, 0.05) is 41.5 Å². The van der Waals surface area contributed by atoms with Gasteiger partial charge in [-0.05, 0) is 81.5 Å². The first-order valence-corrected chi connectivity index (χ1v) is 14.4. The average molecular weight is 502 g/mol. The Balaban J connectivity index is 1.35. The average Bonchev–Trinajstić information content (AvgIpc) is 3.64. The highest BCUT2D eigenvalue weighted by molar-refractivity contribution is 5.63. The van der Waals surface area contributed by atoms with Crippen molar-refractivity contribution >= 4 is 0 Å². The third kappa shape index (κ3) is 2.49. The van der Waals surface area contributed by atoms with Crippen LogP contribution in [0.1, 0.15) is 73.8 Å². The predicted molar refractivity (Wildman–Crippen MR) is 141 cm³/mol. The molecule has 2 heterocycles. The second kappa shape index (κ2) is 7.11. The Morgan fingerprint density at radius 3 is 2.62 bits per heavy atom. The van der Waals surface area contributed by atoms with Gasteiger partial charge in [-0.15, -0.1) is 0 Å². The lowest BCUT2D eigenvalue weighted by atomic mass is 9.31. The van der Waals surface area contributed by atoms with E-state index in [2.05, 4.69) is 49.1 Å². The number of phenolic OH excluding ortho intramolecular Hbond substituents is 1. The van der Waals surface area contributed by atoms with Gasteiger partial charge in [-0.1, -0.05) is 42.8 Å². The molecule has 7 atom stereocenters. The van der Waals surface area contributed by atoms with Crippen LogP contribution < -0.4 is 4.74 Å². The van der Waals surface area contributed by atoms with Gasteiger partial charge < -0.3 is 19.7 Å². The van der Waals surface area contributed by atoms with Crippen molar-refractivity contribution < 1.29 is 19.7 Å². The molecule has 5 aliphatic carbocycles. The maximum Gasteiger partial charge on any atom is 0.165 e. The number of aryl methyl sites for hydroxylation is 1. The second-order valence-electron chi connectivity index (χ2n) is 13.5. The molecule has 5 heteroatoms. The van der Waals surface area contributed by atoms with Crippen LogP contribution in [0.3, 0.4) is 0 Å². The van der Waals surface area contributed by atoms with Gasteiger partial charge >= 0.3 is 0 Å². The molecule has 2 aromatic rings.